The fraction of sp³-hybridized carbons (Fsp3) is 0.915. The lowest BCUT2D eigenvalue weighted by Crippen LogP contribution is -2.45. The molecule has 0 radical (unpaired) electrons. The number of aliphatic hydroxyl groups excluding tert-OH is 2. The summed E-state index contributed by atoms with van der Waals surface area (Å²) in [4.78, 5) is 24.6. The Labute approximate surface area is 481 Å². The average Bonchev–Trinajstić information content (AvgIpc) is 3.43. The minimum atomic E-state index is -0.662. The molecule has 2 atom stereocenters. The summed E-state index contributed by atoms with van der Waals surface area (Å²) in [6.45, 7) is 4.97. The fourth-order valence-corrected chi connectivity index (χ4v) is 11.1. The Morgan fingerprint density at radius 3 is 0.935 bits per heavy atom. The van der Waals surface area contributed by atoms with E-state index in [9.17, 15) is 19.8 Å². The minimum absolute atomic E-state index is 0.00892. The molecule has 3 N–H and O–H groups in total. The van der Waals surface area contributed by atoms with Crippen molar-refractivity contribution in [3.8, 4) is 0 Å². The highest BCUT2D eigenvalue weighted by Crippen LogP contribution is 2.19. The Bertz CT molecular complexity index is 1200. The zero-order valence-electron chi connectivity index (χ0n) is 52.2. The number of ether oxygens (including phenoxy) is 1. The lowest BCUT2D eigenvalue weighted by Gasteiger charge is -2.22. The molecule has 0 aliphatic carbocycles. The van der Waals surface area contributed by atoms with Crippen LogP contribution in [0.4, 0.5) is 0 Å². The smallest absolute Gasteiger partial charge is 0.305 e. The van der Waals surface area contributed by atoms with Crippen molar-refractivity contribution in [3.63, 3.8) is 0 Å². The molecule has 0 saturated carbocycles. The third-order valence-corrected chi connectivity index (χ3v) is 16.5. The number of carbonyl (C=O) groups is 2. The number of allylic oxidation sites excluding steroid dienone is 4. The summed E-state index contributed by atoms with van der Waals surface area (Å²) in [5.41, 5.74) is 0. The summed E-state index contributed by atoms with van der Waals surface area (Å²) < 4.78 is 5.48. The Morgan fingerprint density at radius 1 is 0.351 bits per heavy atom. The third kappa shape index (κ3) is 63.4. The molecule has 6 heteroatoms. The lowest BCUT2D eigenvalue weighted by molar-refractivity contribution is -0.143. The summed E-state index contributed by atoms with van der Waals surface area (Å²) in [7, 11) is 0. The Kier molecular flexibility index (Phi) is 65.4. The van der Waals surface area contributed by atoms with Crippen LogP contribution in [0.3, 0.4) is 0 Å². The van der Waals surface area contributed by atoms with Gasteiger partial charge in [-0.25, -0.2) is 0 Å². The normalized spacial score (nSPS) is 12.6. The molecular formula is C71H137NO5. The predicted molar refractivity (Wildman–Crippen MR) is 338 cm³/mol. The molecule has 0 bridgehead atoms. The van der Waals surface area contributed by atoms with E-state index in [0.717, 1.165) is 44.9 Å². The summed E-state index contributed by atoms with van der Waals surface area (Å²) in [5.74, 6) is -0.0207. The number of esters is 1. The van der Waals surface area contributed by atoms with Crippen LogP contribution in [-0.2, 0) is 14.3 Å². The maximum atomic E-state index is 12.5. The first-order chi connectivity index (χ1) is 38.0. The highest BCUT2D eigenvalue weighted by atomic mass is 16.5. The third-order valence-electron chi connectivity index (χ3n) is 16.5. The van der Waals surface area contributed by atoms with Crippen molar-refractivity contribution in [1.29, 1.82) is 0 Å². The quantitative estimate of drug-likeness (QED) is 0.0320. The number of amides is 1. The summed E-state index contributed by atoms with van der Waals surface area (Å²) >= 11 is 0. The number of hydrogen-bond donors (Lipinski definition) is 3. The van der Waals surface area contributed by atoms with Crippen molar-refractivity contribution < 1.29 is 24.5 Å². The molecule has 0 heterocycles. The van der Waals surface area contributed by atoms with Crippen molar-refractivity contribution >= 4 is 11.9 Å². The number of aliphatic hydroxyl groups is 2. The van der Waals surface area contributed by atoms with Gasteiger partial charge in [0.25, 0.3) is 0 Å². The number of carbonyl (C=O) groups excluding carboxylic acids is 2. The first kappa shape index (κ1) is 75.3. The molecule has 77 heavy (non-hydrogen) atoms. The van der Waals surface area contributed by atoms with E-state index in [0.29, 0.717) is 25.9 Å². The maximum Gasteiger partial charge on any atom is 0.305 e. The summed E-state index contributed by atoms with van der Waals surface area (Å²) in [6.07, 6.45) is 83.7. The molecule has 0 aliphatic rings. The number of hydrogen-bond acceptors (Lipinski definition) is 5. The van der Waals surface area contributed by atoms with Gasteiger partial charge in [0.1, 0.15) is 0 Å². The molecule has 1 amide bonds. The Balaban J connectivity index is 3.35. The first-order valence-electron chi connectivity index (χ1n) is 35.1. The first-order valence-corrected chi connectivity index (χ1v) is 35.1. The second kappa shape index (κ2) is 66.8. The Hall–Kier alpha value is -1.66. The zero-order chi connectivity index (χ0) is 55.7. The van der Waals surface area contributed by atoms with E-state index >= 15 is 0 Å². The maximum absolute atomic E-state index is 12.5. The molecule has 456 valence electrons. The van der Waals surface area contributed by atoms with Crippen LogP contribution in [0, 0.1) is 0 Å². The Morgan fingerprint density at radius 2 is 0.610 bits per heavy atom. The van der Waals surface area contributed by atoms with Gasteiger partial charge in [0, 0.05) is 12.8 Å². The van der Waals surface area contributed by atoms with E-state index in [1.807, 2.05) is 0 Å². The van der Waals surface area contributed by atoms with Gasteiger partial charge in [-0.15, -0.1) is 0 Å². The lowest BCUT2D eigenvalue weighted by atomic mass is 10.0. The number of unbranched alkanes of at least 4 members (excludes halogenated alkanes) is 51. The van der Waals surface area contributed by atoms with E-state index < -0.39 is 12.1 Å². The molecule has 0 aromatic rings. The molecule has 6 nitrogen and oxygen atoms in total. The van der Waals surface area contributed by atoms with Gasteiger partial charge in [-0.3, -0.25) is 9.59 Å². The van der Waals surface area contributed by atoms with Crippen molar-refractivity contribution in [1.82, 2.24) is 5.32 Å². The van der Waals surface area contributed by atoms with Gasteiger partial charge < -0.3 is 20.3 Å². The van der Waals surface area contributed by atoms with Crippen molar-refractivity contribution in [2.45, 2.75) is 405 Å². The van der Waals surface area contributed by atoms with Gasteiger partial charge in [0.15, 0.2) is 0 Å². The zero-order valence-corrected chi connectivity index (χ0v) is 52.2. The van der Waals surface area contributed by atoms with Crippen LogP contribution in [-0.4, -0.2) is 47.4 Å². The van der Waals surface area contributed by atoms with Gasteiger partial charge in [-0.05, 0) is 77.0 Å². The van der Waals surface area contributed by atoms with Gasteiger partial charge in [-0.2, -0.15) is 0 Å². The molecule has 2 unspecified atom stereocenters. The largest absolute Gasteiger partial charge is 0.466 e. The van der Waals surface area contributed by atoms with Gasteiger partial charge >= 0.3 is 5.97 Å². The standard InChI is InChI=1S/C71H137NO5/c1-3-5-7-9-11-13-15-17-18-36-40-43-47-51-55-59-63-69(74)68(67-73)72-70(75)64-60-56-52-48-44-41-37-34-32-30-28-26-24-22-20-19-21-23-25-27-29-31-33-35-38-42-46-50-54-58-62-66-77-71(76)65-61-57-53-49-45-39-16-14-12-10-8-6-4-2/h14,16,21,23,68-69,73-74H,3-13,15,17-20,22,24-67H2,1-2H3,(H,72,75)/b16-14-,23-21-. The predicted octanol–water partition coefficient (Wildman–Crippen LogP) is 22.5. The van der Waals surface area contributed by atoms with E-state index in [-0.39, 0.29) is 18.5 Å². The van der Waals surface area contributed by atoms with Crippen LogP contribution >= 0.6 is 0 Å². The second-order valence-electron chi connectivity index (χ2n) is 24.2. The second-order valence-corrected chi connectivity index (χ2v) is 24.2. The summed E-state index contributed by atoms with van der Waals surface area (Å²) in [6, 6.07) is -0.539. The molecule has 0 saturated heterocycles. The highest BCUT2D eigenvalue weighted by Gasteiger charge is 2.20. The fourth-order valence-electron chi connectivity index (χ4n) is 11.1. The van der Waals surface area contributed by atoms with Gasteiger partial charge in [0.05, 0.1) is 25.4 Å². The molecule has 0 aliphatic heterocycles. The molecule has 0 aromatic heterocycles. The van der Waals surface area contributed by atoms with E-state index in [1.54, 1.807) is 0 Å². The van der Waals surface area contributed by atoms with E-state index in [1.165, 1.54) is 315 Å². The summed E-state index contributed by atoms with van der Waals surface area (Å²) in [5, 5.41) is 23.4. The SMILES string of the molecule is CCCCCC/C=C\CCCCCCCC(=O)OCCCCCCCCCCCCCC/C=C\CCCCCCCCCCCCCCCCCC(=O)NC(CO)C(O)CCCCCCCCCCCCCCCCCC. The van der Waals surface area contributed by atoms with Crippen LogP contribution in [0.1, 0.15) is 393 Å². The minimum Gasteiger partial charge on any atom is -0.466 e. The van der Waals surface area contributed by atoms with Gasteiger partial charge in [0.2, 0.25) is 5.91 Å². The molecule has 0 rings (SSSR count). The number of rotatable bonds is 66. The van der Waals surface area contributed by atoms with E-state index in [4.69, 9.17) is 4.74 Å². The molecular weight excluding hydrogens is 947 g/mol. The van der Waals surface area contributed by atoms with E-state index in [2.05, 4.69) is 43.5 Å². The molecule has 0 aromatic carbocycles. The molecule has 0 spiro atoms. The van der Waals surface area contributed by atoms with Crippen molar-refractivity contribution in [2.75, 3.05) is 13.2 Å². The van der Waals surface area contributed by atoms with Crippen molar-refractivity contribution in [2.24, 2.45) is 0 Å². The van der Waals surface area contributed by atoms with Crippen LogP contribution in [0.15, 0.2) is 24.3 Å². The highest BCUT2D eigenvalue weighted by molar-refractivity contribution is 5.76. The number of nitrogens with one attached hydrogen (secondary N) is 1. The van der Waals surface area contributed by atoms with Crippen LogP contribution in [0.2, 0.25) is 0 Å². The molecule has 0 fully saturated rings. The monoisotopic (exact) mass is 1080 g/mol. The van der Waals surface area contributed by atoms with Crippen LogP contribution in [0.5, 0.6) is 0 Å². The van der Waals surface area contributed by atoms with Gasteiger partial charge in [-0.1, -0.05) is 327 Å². The average molecular weight is 1080 g/mol. The van der Waals surface area contributed by atoms with Crippen LogP contribution in [0.25, 0.3) is 0 Å². The topological polar surface area (TPSA) is 95.9 Å². The van der Waals surface area contributed by atoms with Crippen molar-refractivity contribution in [3.05, 3.63) is 24.3 Å². The van der Waals surface area contributed by atoms with Crippen LogP contribution < -0.4 is 5.32 Å².